The molecule has 1 aliphatic rings. The lowest BCUT2D eigenvalue weighted by atomic mass is 9.71. The van der Waals surface area contributed by atoms with Gasteiger partial charge in [-0.05, 0) is 51.1 Å². The molecule has 2 atom stereocenters. The number of halogens is 2. The fourth-order valence-corrected chi connectivity index (χ4v) is 4.44. The number of carbonyl (C=O) groups excluding carboxylic acids is 1. The number of aldehydes is 1. The minimum absolute atomic E-state index is 0.00632. The molecule has 0 aliphatic carbocycles. The van der Waals surface area contributed by atoms with Crippen molar-refractivity contribution in [1.29, 1.82) is 5.26 Å². The first-order chi connectivity index (χ1) is 16.1. The highest BCUT2D eigenvalue weighted by Crippen LogP contribution is 2.46. The number of hydrogen-bond donors (Lipinski definition) is 2. The molecule has 1 unspecified atom stereocenters. The summed E-state index contributed by atoms with van der Waals surface area (Å²) in [6.45, 7) is 2.51. The Labute approximate surface area is 197 Å². The first-order valence-corrected chi connectivity index (χ1v) is 11.1. The Bertz CT molecular complexity index is 1070. The molecule has 1 fully saturated rings. The van der Waals surface area contributed by atoms with Gasteiger partial charge in [-0.1, -0.05) is 6.92 Å². The summed E-state index contributed by atoms with van der Waals surface area (Å²) in [7, 11) is 3.36. The average Bonchev–Trinajstić information content (AvgIpc) is 2.84. The number of benzene rings is 1. The zero-order valence-corrected chi connectivity index (χ0v) is 19.5. The molecule has 3 rings (SSSR count). The van der Waals surface area contributed by atoms with E-state index in [0.29, 0.717) is 19.4 Å². The molecule has 2 heterocycles. The monoisotopic (exact) mass is 473 g/mol. The van der Waals surface area contributed by atoms with Gasteiger partial charge in [0.05, 0.1) is 12.1 Å². The Morgan fingerprint density at radius 3 is 2.50 bits per heavy atom. The van der Waals surface area contributed by atoms with E-state index < -0.39 is 23.3 Å². The zero-order valence-electron chi connectivity index (χ0n) is 19.5. The molecule has 2 aromatic rings. The van der Waals surface area contributed by atoms with Gasteiger partial charge in [0, 0.05) is 36.6 Å². The quantitative estimate of drug-likeness (QED) is 0.444. The lowest BCUT2D eigenvalue weighted by Gasteiger charge is -2.46. The second kappa shape index (κ2) is 10.2. The topological polar surface area (TPSA) is 114 Å². The Hall–Kier alpha value is -2.84. The number of aliphatic hydroxyl groups is 2. The molecule has 1 aromatic heterocycles. The predicted octanol–water partition coefficient (Wildman–Crippen LogP) is 2.45. The number of rotatable bonds is 8. The molecule has 1 saturated heterocycles. The molecular formula is C24H29F2N5O3. The summed E-state index contributed by atoms with van der Waals surface area (Å²) in [4.78, 5) is 23.2. The van der Waals surface area contributed by atoms with Crippen molar-refractivity contribution < 1.29 is 23.8 Å². The van der Waals surface area contributed by atoms with Gasteiger partial charge in [-0.3, -0.25) is 9.69 Å². The molecule has 0 saturated carbocycles. The predicted molar refractivity (Wildman–Crippen MR) is 120 cm³/mol. The van der Waals surface area contributed by atoms with E-state index in [2.05, 4.69) is 9.97 Å². The summed E-state index contributed by atoms with van der Waals surface area (Å²) >= 11 is 0. The number of nitrogens with zero attached hydrogens (tertiary/aromatic N) is 5. The zero-order chi connectivity index (χ0) is 25.1. The Morgan fingerprint density at radius 2 is 1.97 bits per heavy atom. The number of piperidine rings is 1. The number of aliphatic hydroxyl groups excluding tert-OH is 1. The van der Waals surface area contributed by atoms with Crippen molar-refractivity contribution in [3.63, 3.8) is 0 Å². The van der Waals surface area contributed by atoms with Gasteiger partial charge in [0.25, 0.3) is 0 Å². The third kappa shape index (κ3) is 4.83. The van der Waals surface area contributed by atoms with E-state index in [9.17, 15) is 15.0 Å². The molecule has 0 amide bonds. The Balaban J connectivity index is 1.93. The second-order valence-electron chi connectivity index (χ2n) is 8.85. The standard InChI is InChI=1S/C24H29F2N5O3/c1-4-24(34,23(26)5-7-30(2)8-6-23)18-9-17(15-32)21(19(25)10-18)22(33)31(3)14-20-28-12-16(11-27)13-29-20/h9-10,12-13,15,22,33-34H,4-8,14H2,1-3H3/t22-,24?/m1/s1. The highest BCUT2D eigenvalue weighted by atomic mass is 19.1. The summed E-state index contributed by atoms with van der Waals surface area (Å²) in [5, 5.41) is 31.0. The van der Waals surface area contributed by atoms with Crippen LogP contribution in [0.3, 0.4) is 0 Å². The molecule has 0 spiro atoms. The van der Waals surface area contributed by atoms with Crippen molar-refractivity contribution >= 4 is 6.29 Å². The van der Waals surface area contributed by atoms with Crippen molar-refractivity contribution in [3.8, 4) is 6.07 Å². The van der Waals surface area contributed by atoms with Crippen molar-refractivity contribution in [2.24, 2.45) is 0 Å². The van der Waals surface area contributed by atoms with Gasteiger partial charge in [0.1, 0.15) is 35.2 Å². The van der Waals surface area contributed by atoms with E-state index >= 15 is 8.78 Å². The lowest BCUT2D eigenvalue weighted by Crippen LogP contribution is -2.54. The minimum Gasteiger partial charge on any atom is -0.382 e. The van der Waals surface area contributed by atoms with Gasteiger partial charge in [-0.2, -0.15) is 5.26 Å². The van der Waals surface area contributed by atoms with E-state index in [1.165, 1.54) is 30.4 Å². The molecule has 1 aliphatic heterocycles. The fourth-order valence-electron chi connectivity index (χ4n) is 4.44. The Morgan fingerprint density at radius 1 is 1.35 bits per heavy atom. The number of hydrogen-bond acceptors (Lipinski definition) is 8. The number of aromatic nitrogens is 2. The highest BCUT2D eigenvalue weighted by Gasteiger charge is 2.52. The maximum atomic E-state index is 16.0. The van der Waals surface area contributed by atoms with Gasteiger partial charge in [-0.15, -0.1) is 0 Å². The third-order valence-corrected chi connectivity index (χ3v) is 6.70. The van der Waals surface area contributed by atoms with Crippen LogP contribution in [0.5, 0.6) is 0 Å². The van der Waals surface area contributed by atoms with E-state index in [4.69, 9.17) is 5.26 Å². The summed E-state index contributed by atoms with van der Waals surface area (Å²) < 4.78 is 31.3. The second-order valence-corrected chi connectivity index (χ2v) is 8.85. The number of alkyl halides is 1. The van der Waals surface area contributed by atoms with Crippen molar-refractivity contribution in [3.05, 3.63) is 58.4 Å². The summed E-state index contributed by atoms with van der Waals surface area (Å²) in [5.41, 5.74) is -4.20. The van der Waals surface area contributed by atoms with Gasteiger partial charge in [0.15, 0.2) is 6.29 Å². The molecule has 0 bridgehead atoms. The largest absolute Gasteiger partial charge is 0.382 e. The molecule has 182 valence electrons. The van der Waals surface area contributed by atoms with Crippen LogP contribution < -0.4 is 0 Å². The molecular weight excluding hydrogens is 444 g/mol. The van der Waals surface area contributed by atoms with Crippen LogP contribution in [0.2, 0.25) is 0 Å². The molecule has 34 heavy (non-hydrogen) atoms. The van der Waals surface area contributed by atoms with E-state index in [1.807, 2.05) is 18.0 Å². The van der Waals surface area contributed by atoms with Gasteiger partial charge < -0.3 is 15.1 Å². The average molecular weight is 474 g/mol. The minimum atomic E-state index is -1.99. The van der Waals surface area contributed by atoms with Crippen LogP contribution in [0.15, 0.2) is 24.5 Å². The number of carbonyl (C=O) groups is 1. The smallest absolute Gasteiger partial charge is 0.150 e. The van der Waals surface area contributed by atoms with Crippen molar-refractivity contribution in [2.45, 2.75) is 50.2 Å². The van der Waals surface area contributed by atoms with Gasteiger partial charge in [0.2, 0.25) is 0 Å². The first-order valence-electron chi connectivity index (χ1n) is 11.1. The van der Waals surface area contributed by atoms with Crippen LogP contribution in [0, 0.1) is 17.1 Å². The molecule has 2 N–H and O–H groups in total. The SMILES string of the molecule is CCC(O)(c1cc(F)c([C@@H](O)N(C)Cc2ncc(C#N)cn2)c(C=O)c1)C1(F)CCN(C)CC1. The van der Waals surface area contributed by atoms with Gasteiger partial charge >= 0.3 is 0 Å². The molecule has 8 nitrogen and oxygen atoms in total. The number of nitriles is 1. The summed E-state index contributed by atoms with van der Waals surface area (Å²) in [5.74, 6) is -0.643. The van der Waals surface area contributed by atoms with Crippen LogP contribution in [0.1, 0.15) is 65.3 Å². The van der Waals surface area contributed by atoms with Crippen LogP contribution in [0.4, 0.5) is 8.78 Å². The third-order valence-electron chi connectivity index (χ3n) is 6.70. The summed E-state index contributed by atoms with van der Waals surface area (Å²) in [6.07, 6.45) is 1.64. The lowest BCUT2D eigenvalue weighted by molar-refractivity contribution is -0.136. The Kier molecular flexibility index (Phi) is 7.73. The molecule has 1 aromatic carbocycles. The fraction of sp³-hybridized carbons (Fsp3) is 0.500. The molecule has 0 radical (unpaired) electrons. The van der Waals surface area contributed by atoms with Gasteiger partial charge in [-0.25, -0.2) is 18.7 Å². The summed E-state index contributed by atoms with van der Waals surface area (Å²) in [6, 6.07) is 4.16. The van der Waals surface area contributed by atoms with Crippen LogP contribution >= 0.6 is 0 Å². The van der Waals surface area contributed by atoms with Crippen LogP contribution in [-0.4, -0.2) is 69.1 Å². The van der Waals surface area contributed by atoms with E-state index in [0.717, 1.165) is 6.07 Å². The first kappa shape index (κ1) is 25.8. The van der Waals surface area contributed by atoms with Crippen LogP contribution in [-0.2, 0) is 12.1 Å². The van der Waals surface area contributed by atoms with Crippen molar-refractivity contribution in [1.82, 2.24) is 19.8 Å². The van der Waals surface area contributed by atoms with Crippen LogP contribution in [0.25, 0.3) is 0 Å². The van der Waals surface area contributed by atoms with E-state index in [1.54, 1.807) is 6.92 Å². The maximum Gasteiger partial charge on any atom is 0.150 e. The van der Waals surface area contributed by atoms with E-state index in [-0.39, 0.29) is 53.9 Å². The number of likely N-dealkylation sites (tertiary alicyclic amines) is 1. The normalized spacial score (nSPS) is 18.8. The molecule has 10 heteroatoms. The van der Waals surface area contributed by atoms with Crippen molar-refractivity contribution in [2.75, 3.05) is 27.2 Å². The maximum absolute atomic E-state index is 16.0. The highest BCUT2D eigenvalue weighted by molar-refractivity contribution is 5.78.